The summed E-state index contributed by atoms with van der Waals surface area (Å²) in [6.07, 6.45) is 2.07. The van der Waals surface area contributed by atoms with Crippen LogP contribution in [-0.2, 0) is 10.2 Å². The van der Waals surface area contributed by atoms with E-state index >= 15 is 0 Å². The minimum Gasteiger partial charge on any atom is -0.351 e. The van der Waals surface area contributed by atoms with Gasteiger partial charge < -0.3 is 10.6 Å². The van der Waals surface area contributed by atoms with Crippen molar-refractivity contribution < 1.29 is 9.18 Å². The number of hydrogen-bond acceptors (Lipinski definition) is 2. The Morgan fingerprint density at radius 2 is 2.20 bits per heavy atom. The maximum Gasteiger partial charge on any atom is 0.230 e. The summed E-state index contributed by atoms with van der Waals surface area (Å²) in [4.78, 5) is 12.4. The zero-order valence-electron chi connectivity index (χ0n) is 11.9. The van der Waals surface area contributed by atoms with Crippen molar-refractivity contribution >= 4 is 18.3 Å². The third-order valence-corrected chi connectivity index (χ3v) is 3.75. The van der Waals surface area contributed by atoms with Crippen molar-refractivity contribution in [1.29, 1.82) is 0 Å². The summed E-state index contributed by atoms with van der Waals surface area (Å²) in [7, 11) is 0. The van der Waals surface area contributed by atoms with Gasteiger partial charge in [-0.2, -0.15) is 0 Å². The van der Waals surface area contributed by atoms with E-state index in [0.29, 0.717) is 5.56 Å². The Labute approximate surface area is 125 Å². The molecule has 0 bridgehead atoms. The van der Waals surface area contributed by atoms with Crippen LogP contribution in [0, 0.1) is 5.82 Å². The fourth-order valence-corrected chi connectivity index (χ4v) is 2.35. The van der Waals surface area contributed by atoms with Crippen LogP contribution in [0.3, 0.4) is 0 Å². The maximum absolute atomic E-state index is 13.3. The molecule has 1 aliphatic rings. The van der Waals surface area contributed by atoms with Crippen LogP contribution in [0.4, 0.5) is 4.39 Å². The molecule has 1 atom stereocenters. The lowest BCUT2D eigenvalue weighted by atomic mass is 9.83. The van der Waals surface area contributed by atoms with Crippen molar-refractivity contribution in [2.45, 2.75) is 38.1 Å². The number of rotatable bonds is 3. The number of carbonyl (C=O) groups is 1. The first kappa shape index (κ1) is 16.9. The fourth-order valence-electron chi connectivity index (χ4n) is 2.35. The van der Waals surface area contributed by atoms with E-state index in [1.807, 2.05) is 13.8 Å². The predicted molar refractivity (Wildman–Crippen MR) is 80.7 cm³/mol. The summed E-state index contributed by atoms with van der Waals surface area (Å²) in [5, 5.41) is 6.32. The van der Waals surface area contributed by atoms with Gasteiger partial charge in [-0.15, -0.1) is 12.4 Å². The second-order valence-corrected chi connectivity index (χ2v) is 5.65. The standard InChI is InChI=1S/C15H21FN2O.ClH/c1-15(2,11-5-3-6-12(16)9-11)14(19)18-13-7-4-8-17-10-13;/h3,5-6,9,13,17H,4,7-8,10H2,1-2H3,(H,18,19);1H. The average molecular weight is 301 g/mol. The van der Waals surface area contributed by atoms with Crippen LogP contribution in [0.2, 0.25) is 0 Å². The molecule has 3 nitrogen and oxygen atoms in total. The monoisotopic (exact) mass is 300 g/mol. The molecular formula is C15H22ClFN2O. The van der Waals surface area contributed by atoms with E-state index in [2.05, 4.69) is 10.6 Å². The molecule has 112 valence electrons. The second-order valence-electron chi connectivity index (χ2n) is 5.65. The van der Waals surface area contributed by atoms with Crippen LogP contribution in [0.15, 0.2) is 24.3 Å². The molecule has 1 aromatic carbocycles. The van der Waals surface area contributed by atoms with Gasteiger partial charge in [-0.1, -0.05) is 12.1 Å². The lowest BCUT2D eigenvalue weighted by Crippen LogP contribution is -2.50. The highest BCUT2D eigenvalue weighted by Gasteiger charge is 2.31. The Morgan fingerprint density at radius 3 is 2.80 bits per heavy atom. The molecule has 1 saturated heterocycles. The van der Waals surface area contributed by atoms with Crippen molar-refractivity contribution in [1.82, 2.24) is 10.6 Å². The Kier molecular flexibility index (Phi) is 5.96. The molecule has 1 aromatic rings. The van der Waals surface area contributed by atoms with E-state index in [1.54, 1.807) is 12.1 Å². The normalized spacial score (nSPS) is 19.1. The summed E-state index contributed by atoms with van der Waals surface area (Å²) in [5.74, 6) is -0.357. The highest BCUT2D eigenvalue weighted by molar-refractivity contribution is 5.87. The molecular weight excluding hydrogens is 279 g/mol. The second kappa shape index (κ2) is 7.04. The van der Waals surface area contributed by atoms with Crippen molar-refractivity contribution in [3.8, 4) is 0 Å². The van der Waals surface area contributed by atoms with E-state index in [-0.39, 0.29) is 30.2 Å². The van der Waals surface area contributed by atoms with Gasteiger partial charge in [0.25, 0.3) is 0 Å². The van der Waals surface area contributed by atoms with Crippen LogP contribution < -0.4 is 10.6 Å². The summed E-state index contributed by atoms with van der Waals surface area (Å²) in [6, 6.07) is 6.43. The zero-order valence-corrected chi connectivity index (χ0v) is 12.7. The molecule has 0 saturated carbocycles. The molecule has 1 aliphatic heterocycles. The van der Waals surface area contributed by atoms with Gasteiger partial charge >= 0.3 is 0 Å². The maximum atomic E-state index is 13.3. The number of halogens is 2. The van der Waals surface area contributed by atoms with Crippen LogP contribution in [0.5, 0.6) is 0 Å². The molecule has 0 spiro atoms. The first-order chi connectivity index (χ1) is 9.00. The molecule has 1 fully saturated rings. The average Bonchev–Trinajstić information content (AvgIpc) is 2.40. The Hall–Kier alpha value is -1.13. The van der Waals surface area contributed by atoms with E-state index in [0.717, 1.165) is 25.9 Å². The van der Waals surface area contributed by atoms with Crippen LogP contribution in [0.25, 0.3) is 0 Å². The SMILES string of the molecule is CC(C)(C(=O)NC1CCCNC1)c1cccc(F)c1.Cl. The molecule has 2 rings (SSSR count). The summed E-state index contributed by atoms with van der Waals surface area (Å²) in [6.45, 7) is 5.48. The number of piperidine rings is 1. The molecule has 2 N–H and O–H groups in total. The molecule has 1 amide bonds. The van der Waals surface area contributed by atoms with E-state index in [1.165, 1.54) is 12.1 Å². The highest BCUT2D eigenvalue weighted by atomic mass is 35.5. The molecule has 0 aliphatic carbocycles. The summed E-state index contributed by atoms with van der Waals surface area (Å²) < 4.78 is 13.3. The topological polar surface area (TPSA) is 41.1 Å². The van der Waals surface area contributed by atoms with Gasteiger partial charge in [-0.05, 0) is 50.9 Å². The summed E-state index contributed by atoms with van der Waals surface area (Å²) >= 11 is 0. The number of benzene rings is 1. The number of carbonyl (C=O) groups excluding carboxylic acids is 1. The smallest absolute Gasteiger partial charge is 0.230 e. The van der Waals surface area contributed by atoms with Crippen LogP contribution in [-0.4, -0.2) is 25.0 Å². The van der Waals surface area contributed by atoms with Crippen molar-refractivity contribution in [3.63, 3.8) is 0 Å². The lowest BCUT2D eigenvalue weighted by Gasteiger charge is -2.30. The Bertz CT molecular complexity index is 459. The quantitative estimate of drug-likeness (QED) is 0.900. The van der Waals surface area contributed by atoms with Crippen LogP contribution in [0.1, 0.15) is 32.3 Å². The van der Waals surface area contributed by atoms with Gasteiger partial charge in [0.2, 0.25) is 5.91 Å². The first-order valence-electron chi connectivity index (χ1n) is 6.78. The summed E-state index contributed by atoms with van der Waals surface area (Å²) in [5.41, 5.74) is -0.0201. The number of hydrogen-bond donors (Lipinski definition) is 2. The van der Waals surface area contributed by atoms with Crippen molar-refractivity contribution in [3.05, 3.63) is 35.6 Å². The van der Waals surface area contributed by atoms with Gasteiger partial charge in [-0.25, -0.2) is 4.39 Å². The van der Waals surface area contributed by atoms with Gasteiger partial charge in [0, 0.05) is 12.6 Å². The lowest BCUT2D eigenvalue weighted by molar-refractivity contribution is -0.126. The molecule has 1 heterocycles. The Balaban J connectivity index is 0.00000200. The largest absolute Gasteiger partial charge is 0.351 e. The molecule has 1 unspecified atom stereocenters. The van der Waals surface area contributed by atoms with Gasteiger partial charge in [-0.3, -0.25) is 4.79 Å². The number of amides is 1. The fraction of sp³-hybridized carbons (Fsp3) is 0.533. The van der Waals surface area contributed by atoms with Crippen molar-refractivity contribution in [2.24, 2.45) is 0 Å². The van der Waals surface area contributed by atoms with E-state index in [9.17, 15) is 9.18 Å². The van der Waals surface area contributed by atoms with Gasteiger partial charge in [0.05, 0.1) is 5.41 Å². The van der Waals surface area contributed by atoms with Gasteiger partial charge in [0.1, 0.15) is 5.82 Å². The third-order valence-electron chi connectivity index (χ3n) is 3.75. The first-order valence-corrected chi connectivity index (χ1v) is 6.78. The highest BCUT2D eigenvalue weighted by Crippen LogP contribution is 2.24. The predicted octanol–water partition coefficient (Wildman–Crippen LogP) is 2.39. The Morgan fingerprint density at radius 1 is 1.45 bits per heavy atom. The molecule has 0 aromatic heterocycles. The van der Waals surface area contributed by atoms with Crippen molar-refractivity contribution in [2.75, 3.05) is 13.1 Å². The minimum atomic E-state index is -0.723. The van der Waals surface area contributed by atoms with E-state index < -0.39 is 5.41 Å². The number of nitrogens with one attached hydrogen (secondary N) is 2. The third kappa shape index (κ3) is 3.93. The molecule has 0 radical (unpaired) electrons. The minimum absolute atomic E-state index is 0. The molecule has 20 heavy (non-hydrogen) atoms. The van der Waals surface area contributed by atoms with Gasteiger partial charge in [0.15, 0.2) is 0 Å². The van der Waals surface area contributed by atoms with Crippen LogP contribution >= 0.6 is 12.4 Å². The van der Waals surface area contributed by atoms with E-state index in [4.69, 9.17) is 0 Å². The zero-order chi connectivity index (χ0) is 13.9. The molecule has 5 heteroatoms.